The van der Waals surface area contributed by atoms with Crippen LogP contribution in [0.2, 0.25) is 0 Å². The molecule has 3 heteroatoms. The molecule has 0 atom stereocenters. The summed E-state index contributed by atoms with van der Waals surface area (Å²) >= 11 is 0. The van der Waals surface area contributed by atoms with E-state index in [9.17, 15) is 0 Å². The van der Waals surface area contributed by atoms with Crippen molar-refractivity contribution in [3.63, 3.8) is 0 Å². The molecule has 8 aromatic rings. The Bertz CT molecular complexity index is 2300. The van der Waals surface area contributed by atoms with Gasteiger partial charge in [-0.25, -0.2) is 4.98 Å². The van der Waals surface area contributed by atoms with Crippen LogP contribution in [0.5, 0.6) is 0 Å². The summed E-state index contributed by atoms with van der Waals surface area (Å²) in [4.78, 5) is 5.27. The Kier molecular flexibility index (Phi) is 6.27. The number of fused-ring (bicyclic) bond motifs is 4. The fraction of sp³-hybridized carbons (Fsp3) is 0.0465. The fourth-order valence-corrected chi connectivity index (χ4v) is 7.07. The van der Waals surface area contributed by atoms with E-state index in [1.165, 1.54) is 55.4 Å². The maximum absolute atomic E-state index is 5.27. The number of rotatable bonds is 5. The summed E-state index contributed by atoms with van der Waals surface area (Å²) < 4.78 is 4.70. The van der Waals surface area contributed by atoms with E-state index in [0.717, 1.165) is 35.5 Å². The molecule has 0 unspecified atom stereocenters. The second kappa shape index (κ2) is 10.9. The number of aromatic nitrogens is 3. The van der Waals surface area contributed by atoms with Crippen molar-refractivity contribution in [1.82, 2.24) is 14.1 Å². The van der Waals surface area contributed by atoms with Crippen LogP contribution in [0.3, 0.4) is 0 Å². The highest BCUT2D eigenvalue weighted by Crippen LogP contribution is 2.38. The fourth-order valence-electron chi connectivity index (χ4n) is 7.07. The summed E-state index contributed by atoms with van der Waals surface area (Å²) in [6, 6.07) is 51.9. The lowest BCUT2D eigenvalue weighted by Gasteiger charge is -2.14. The number of benzene rings is 5. The van der Waals surface area contributed by atoms with Gasteiger partial charge >= 0.3 is 0 Å². The highest BCUT2D eigenvalue weighted by molar-refractivity contribution is 6.09. The van der Waals surface area contributed by atoms with Crippen molar-refractivity contribution in [1.29, 1.82) is 0 Å². The lowest BCUT2D eigenvalue weighted by molar-refractivity contribution is 0.941. The molecule has 0 saturated carbocycles. The molecule has 218 valence electrons. The maximum Gasteiger partial charge on any atom is 0.138 e. The largest absolute Gasteiger partial charge is 0.309 e. The van der Waals surface area contributed by atoms with Crippen molar-refractivity contribution in [2.75, 3.05) is 0 Å². The molecule has 9 rings (SSSR count). The van der Waals surface area contributed by atoms with Gasteiger partial charge in [0.25, 0.3) is 0 Å². The van der Waals surface area contributed by atoms with E-state index in [1.807, 2.05) is 0 Å². The zero-order chi connectivity index (χ0) is 30.5. The first-order chi connectivity index (χ1) is 22.8. The molecule has 0 amide bonds. The van der Waals surface area contributed by atoms with Crippen molar-refractivity contribution in [3.05, 3.63) is 169 Å². The number of para-hydroxylation sites is 2. The third kappa shape index (κ3) is 4.40. The molecule has 3 heterocycles. The number of allylic oxidation sites excluding steroid dienone is 1. The summed E-state index contributed by atoms with van der Waals surface area (Å²) in [5.41, 5.74) is 13.1. The van der Waals surface area contributed by atoms with Crippen LogP contribution < -0.4 is 0 Å². The summed E-state index contributed by atoms with van der Waals surface area (Å²) in [5.74, 6) is 0.924. The first kappa shape index (κ1) is 26.5. The smallest absolute Gasteiger partial charge is 0.138 e. The third-order valence-corrected chi connectivity index (χ3v) is 9.22. The molecule has 0 bridgehead atoms. The molecule has 3 nitrogen and oxygen atoms in total. The van der Waals surface area contributed by atoms with Gasteiger partial charge in [-0.3, -0.25) is 0 Å². The van der Waals surface area contributed by atoms with Gasteiger partial charge in [-0.2, -0.15) is 0 Å². The predicted molar refractivity (Wildman–Crippen MR) is 192 cm³/mol. The van der Waals surface area contributed by atoms with E-state index >= 15 is 0 Å². The Morgan fingerprint density at radius 1 is 0.543 bits per heavy atom. The molecule has 46 heavy (non-hydrogen) atoms. The second-order valence-electron chi connectivity index (χ2n) is 12.0. The van der Waals surface area contributed by atoms with Crippen LogP contribution in [-0.2, 0) is 6.42 Å². The van der Waals surface area contributed by atoms with Gasteiger partial charge in [0, 0.05) is 33.8 Å². The summed E-state index contributed by atoms with van der Waals surface area (Å²) in [7, 11) is 0. The quantitative estimate of drug-likeness (QED) is 0.196. The van der Waals surface area contributed by atoms with Crippen LogP contribution in [0.1, 0.15) is 17.7 Å². The van der Waals surface area contributed by atoms with Crippen LogP contribution in [-0.4, -0.2) is 14.1 Å². The molecule has 3 aromatic heterocycles. The first-order valence-electron chi connectivity index (χ1n) is 15.9. The Balaban J connectivity index is 1.23. The lowest BCUT2D eigenvalue weighted by Crippen LogP contribution is -2.03. The van der Waals surface area contributed by atoms with Gasteiger partial charge in [0.1, 0.15) is 5.82 Å². The minimum atomic E-state index is 0.924. The maximum atomic E-state index is 5.27. The third-order valence-electron chi connectivity index (χ3n) is 9.22. The summed E-state index contributed by atoms with van der Waals surface area (Å²) in [5, 5.41) is 2.55. The van der Waals surface area contributed by atoms with Crippen molar-refractivity contribution in [2.45, 2.75) is 12.8 Å². The Morgan fingerprint density at radius 3 is 1.93 bits per heavy atom. The van der Waals surface area contributed by atoms with E-state index < -0.39 is 0 Å². The standard InChI is InChI=1S/C43H31N3/c1-3-14-30(15-4-1)33-27-39(31-16-5-2-6-17-31)44-43(28-33)45-29-38(37-22-7-10-23-40(37)45)32-18-13-19-34(26-32)46-41-24-11-8-20-35(41)36-21-9-12-25-42(36)46/h1-6,8-21,23-29H,7,22H2. The average Bonchev–Trinajstić information content (AvgIpc) is 3.69. The van der Waals surface area contributed by atoms with Crippen molar-refractivity contribution in [3.8, 4) is 45.0 Å². The number of hydrogen-bond donors (Lipinski definition) is 0. The first-order valence-corrected chi connectivity index (χ1v) is 15.9. The molecule has 0 aliphatic heterocycles. The molecule has 0 spiro atoms. The highest BCUT2D eigenvalue weighted by Gasteiger charge is 2.21. The molecule has 0 saturated heterocycles. The van der Waals surface area contributed by atoms with E-state index in [-0.39, 0.29) is 0 Å². The van der Waals surface area contributed by atoms with Crippen LogP contribution >= 0.6 is 0 Å². The van der Waals surface area contributed by atoms with Crippen LogP contribution in [0.25, 0.3) is 72.9 Å². The minimum absolute atomic E-state index is 0.924. The van der Waals surface area contributed by atoms with Gasteiger partial charge in [-0.05, 0) is 77.6 Å². The lowest BCUT2D eigenvalue weighted by atomic mass is 9.96. The predicted octanol–water partition coefficient (Wildman–Crippen LogP) is 10.9. The van der Waals surface area contributed by atoms with Crippen molar-refractivity contribution >= 4 is 27.9 Å². The topological polar surface area (TPSA) is 22.8 Å². The van der Waals surface area contributed by atoms with E-state index in [0.29, 0.717) is 0 Å². The monoisotopic (exact) mass is 589 g/mol. The molecule has 0 fully saturated rings. The van der Waals surface area contributed by atoms with Crippen LogP contribution in [0, 0.1) is 0 Å². The SMILES string of the molecule is C1=Cc2c(c(-c3cccc(-n4c5ccccc5c5ccccc54)c3)cn2-c2cc(-c3ccccc3)cc(-c3ccccc3)n2)CC1. The average molecular weight is 590 g/mol. The zero-order valence-electron chi connectivity index (χ0n) is 25.3. The zero-order valence-corrected chi connectivity index (χ0v) is 25.3. The number of pyridine rings is 1. The highest BCUT2D eigenvalue weighted by atomic mass is 15.1. The van der Waals surface area contributed by atoms with E-state index in [4.69, 9.17) is 4.98 Å². The van der Waals surface area contributed by atoms with Gasteiger partial charge in [-0.15, -0.1) is 0 Å². The van der Waals surface area contributed by atoms with Crippen LogP contribution in [0.15, 0.2) is 158 Å². The van der Waals surface area contributed by atoms with Gasteiger partial charge < -0.3 is 9.13 Å². The summed E-state index contributed by atoms with van der Waals surface area (Å²) in [6.07, 6.45) is 8.90. The Hall–Kier alpha value is -5.93. The molecular formula is C43H31N3. The van der Waals surface area contributed by atoms with E-state index in [2.05, 4.69) is 173 Å². The van der Waals surface area contributed by atoms with Crippen LogP contribution in [0.4, 0.5) is 0 Å². The van der Waals surface area contributed by atoms with Crippen molar-refractivity contribution in [2.24, 2.45) is 0 Å². The molecule has 0 N–H and O–H groups in total. The second-order valence-corrected chi connectivity index (χ2v) is 12.0. The molecule has 5 aromatic carbocycles. The Morgan fingerprint density at radius 2 is 1.20 bits per heavy atom. The van der Waals surface area contributed by atoms with Gasteiger partial charge in [0.15, 0.2) is 0 Å². The summed E-state index contributed by atoms with van der Waals surface area (Å²) in [6.45, 7) is 0. The molecule has 0 radical (unpaired) electrons. The van der Waals surface area contributed by atoms with Crippen molar-refractivity contribution < 1.29 is 0 Å². The number of hydrogen-bond acceptors (Lipinski definition) is 1. The minimum Gasteiger partial charge on any atom is -0.309 e. The van der Waals surface area contributed by atoms with Gasteiger partial charge in [-0.1, -0.05) is 115 Å². The number of nitrogens with zero attached hydrogens (tertiary/aromatic N) is 3. The van der Waals surface area contributed by atoms with Gasteiger partial charge in [0.05, 0.1) is 22.4 Å². The van der Waals surface area contributed by atoms with E-state index in [1.54, 1.807) is 0 Å². The van der Waals surface area contributed by atoms with Gasteiger partial charge in [0.2, 0.25) is 0 Å². The normalized spacial score (nSPS) is 12.5. The molecular weight excluding hydrogens is 558 g/mol. The Labute approximate surface area is 268 Å². The molecule has 1 aliphatic carbocycles. The molecule has 1 aliphatic rings.